The second-order valence-corrected chi connectivity index (χ2v) is 4.14. The van der Waals surface area contributed by atoms with Gasteiger partial charge in [0.05, 0.1) is 0 Å². The van der Waals surface area contributed by atoms with Crippen LogP contribution in [0.2, 0.25) is 0 Å². The molecule has 0 aliphatic rings. The van der Waals surface area contributed by atoms with Crippen molar-refractivity contribution >= 4 is 0 Å². The predicted molar refractivity (Wildman–Crippen MR) is 72.3 cm³/mol. The second kappa shape index (κ2) is 6.17. The third-order valence-electron chi connectivity index (χ3n) is 2.74. The van der Waals surface area contributed by atoms with Crippen LogP contribution in [-0.2, 0) is 19.6 Å². The fourth-order valence-electron chi connectivity index (χ4n) is 1.72. The molecule has 3 nitrogen and oxygen atoms in total. The first kappa shape index (κ1) is 12.6. The molecule has 0 aliphatic heterocycles. The number of aromatic nitrogens is 1. The van der Waals surface area contributed by atoms with Crippen LogP contribution in [0.15, 0.2) is 42.5 Å². The minimum absolute atomic E-state index is 0.511. The van der Waals surface area contributed by atoms with E-state index >= 15 is 0 Å². The van der Waals surface area contributed by atoms with Crippen molar-refractivity contribution in [2.45, 2.75) is 26.5 Å². The number of ether oxygens (including phenoxy) is 1. The van der Waals surface area contributed by atoms with E-state index in [2.05, 4.69) is 11.9 Å². The van der Waals surface area contributed by atoms with E-state index in [0.29, 0.717) is 19.0 Å². The van der Waals surface area contributed by atoms with Gasteiger partial charge in [0, 0.05) is 18.3 Å². The molecule has 2 rings (SSSR count). The summed E-state index contributed by atoms with van der Waals surface area (Å²) in [6, 6.07) is 14.0. The summed E-state index contributed by atoms with van der Waals surface area (Å²) in [4.78, 5) is 4.44. The van der Waals surface area contributed by atoms with E-state index in [4.69, 9.17) is 10.5 Å². The normalized spacial score (nSPS) is 10.3. The van der Waals surface area contributed by atoms with E-state index in [1.165, 1.54) is 0 Å². The molecule has 1 heterocycles. The second-order valence-electron chi connectivity index (χ2n) is 4.14. The van der Waals surface area contributed by atoms with Crippen LogP contribution in [0.1, 0.15) is 23.7 Å². The Kier molecular flexibility index (Phi) is 4.31. The van der Waals surface area contributed by atoms with Gasteiger partial charge in [0.25, 0.3) is 0 Å². The van der Waals surface area contributed by atoms with Crippen LogP contribution in [0, 0.1) is 0 Å². The Morgan fingerprint density at radius 1 is 1.11 bits per heavy atom. The molecule has 1 aromatic heterocycles. The number of benzene rings is 1. The van der Waals surface area contributed by atoms with Crippen molar-refractivity contribution in [3.8, 4) is 5.88 Å². The lowest BCUT2D eigenvalue weighted by Gasteiger charge is -2.08. The molecule has 2 N–H and O–H groups in total. The molecular weight excluding hydrogens is 224 g/mol. The Balaban J connectivity index is 2.09. The number of rotatable bonds is 5. The lowest BCUT2D eigenvalue weighted by molar-refractivity contribution is 0.292. The molecule has 0 saturated carbocycles. The highest BCUT2D eigenvalue weighted by atomic mass is 16.5. The molecule has 0 atom stereocenters. The van der Waals surface area contributed by atoms with E-state index < -0.39 is 0 Å². The Morgan fingerprint density at radius 3 is 2.56 bits per heavy atom. The minimum atomic E-state index is 0.511. The fraction of sp³-hybridized carbons (Fsp3) is 0.267. The quantitative estimate of drug-likeness (QED) is 0.877. The van der Waals surface area contributed by atoms with Crippen LogP contribution in [0.3, 0.4) is 0 Å². The van der Waals surface area contributed by atoms with E-state index in [9.17, 15) is 0 Å². The summed E-state index contributed by atoms with van der Waals surface area (Å²) < 4.78 is 5.71. The standard InChI is InChI=1S/C15H18N2O/c1-2-14-8-13(10-16)9-15(17-14)18-11-12-6-4-3-5-7-12/h3-9H,2,10-11,16H2,1H3. The van der Waals surface area contributed by atoms with E-state index in [1.54, 1.807) is 0 Å². The van der Waals surface area contributed by atoms with Crippen LogP contribution in [0.25, 0.3) is 0 Å². The van der Waals surface area contributed by atoms with Crippen molar-refractivity contribution in [2.75, 3.05) is 0 Å². The van der Waals surface area contributed by atoms with E-state index in [1.807, 2.05) is 42.5 Å². The fourth-order valence-corrected chi connectivity index (χ4v) is 1.72. The van der Waals surface area contributed by atoms with Crippen LogP contribution in [0.4, 0.5) is 0 Å². The zero-order chi connectivity index (χ0) is 12.8. The van der Waals surface area contributed by atoms with Crippen LogP contribution >= 0.6 is 0 Å². The number of nitrogens with zero attached hydrogens (tertiary/aromatic N) is 1. The first-order valence-corrected chi connectivity index (χ1v) is 6.18. The van der Waals surface area contributed by atoms with Crippen molar-refractivity contribution in [2.24, 2.45) is 5.73 Å². The van der Waals surface area contributed by atoms with Gasteiger partial charge in [0.15, 0.2) is 0 Å². The molecule has 0 bridgehead atoms. The lowest BCUT2D eigenvalue weighted by atomic mass is 10.2. The zero-order valence-corrected chi connectivity index (χ0v) is 10.6. The van der Waals surface area contributed by atoms with Crippen molar-refractivity contribution in [3.63, 3.8) is 0 Å². The Bertz CT molecular complexity index is 475. The van der Waals surface area contributed by atoms with Crippen LogP contribution in [0.5, 0.6) is 5.88 Å². The van der Waals surface area contributed by atoms with Crippen molar-refractivity contribution < 1.29 is 4.74 Å². The molecule has 3 heteroatoms. The molecule has 94 valence electrons. The number of nitrogens with two attached hydrogens (primary N) is 1. The number of pyridine rings is 1. The van der Waals surface area contributed by atoms with Gasteiger partial charge in [-0.05, 0) is 23.6 Å². The van der Waals surface area contributed by atoms with Gasteiger partial charge in [0.2, 0.25) is 5.88 Å². The SMILES string of the molecule is CCc1cc(CN)cc(OCc2ccccc2)n1. The minimum Gasteiger partial charge on any atom is -0.473 e. The van der Waals surface area contributed by atoms with Crippen molar-refractivity contribution in [1.29, 1.82) is 0 Å². The number of aryl methyl sites for hydroxylation is 1. The van der Waals surface area contributed by atoms with Gasteiger partial charge in [-0.3, -0.25) is 0 Å². The topological polar surface area (TPSA) is 48.1 Å². The molecule has 0 unspecified atom stereocenters. The third-order valence-corrected chi connectivity index (χ3v) is 2.74. The maximum absolute atomic E-state index is 5.71. The highest BCUT2D eigenvalue weighted by Crippen LogP contribution is 2.14. The molecular formula is C15H18N2O. The molecule has 0 saturated heterocycles. The first-order valence-electron chi connectivity index (χ1n) is 6.18. The summed E-state index contributed by atoms with van der Waals surface area (Å²) in [5.74, 6) is 0.652. The number of hydrogen-bond acceptors (Lipinski definition) is 3. The van der Waals surface area contributed by atoms with Gasteiger partial charge in [-0.2, -0.15) is 0 Å². The van der Waals surface area contributed by atoms with Gasteiger partial charge in [-0.1, -0.05) is 37.3 Å². The summed E-state index contributed by atoms with van der Waals surface area (Å²) in [6.07, 6.45) is 0.884. The Morgan fingerprint density at radius 2 is 1.89 bits per heavy atom. The molecule has 0 fully saturated rings. The van der Waals surface area contributed by atoms with Gasteiger partial charge >= 0.3 is 0 Å². The molecule has 0 radical (unpaired) electrons. The Labute approximate surface area is 108 Å². The maximum atomic E-state index is 5.71. The first-order chi connectivity index (χ1) is 8.81. The highest BCUT2D eigenvalue weighted by molar-refractivity contribution is 5.25. The predicted octanol–water partition coefficient (Wildman–Crippen LogP) is 2.68. The van der Waals surface area contributed by atoms with Gasteiger partial charge < -0.3 is 10.5 Å². The average molecular weight is 242 g/mol. The lowest BCUT2D eigenvalue weighted by Crippen LogP contribution is -2.03. The molecule has 0 aliphatic carbocycles. The highest BCUT2D eigenvalue weighted by Gasteiger charge is 2.02. The molecule has 0 amide bonds. The van der Waals surface area contributed by atoms with E-state index in [0.717, 1.165) is 23.2 Å². The van der Waals surface area contributed by atoms with E-state index in [-0.39, 0.29) is 0 Å². The third kappa shape index (κ3) is 3.31. The maximum Gasteiger partial charge on any atom is 0.214 e. The van der Waals surface area contributed by atoms with Gasteiger partial charge in [-0.15, -0.1) is 0 Å². The monoisotopic (exact) mass is 242 g/mol. The summed E-state index contributed by atoms with van der Waals surface area (Å²) in [6.45, 7) is 3.12. The Hall–Kier alpha value is -1.87. The van der Waals surface area contributed by atoms with Crippen LogP contribution < -0.4 is 10.5 Å². The molecule has 2 aromatic rings. The molecule has 18 heavy (non-hydrogen) atoms. The smallest absolute Gasteiger partial charge is 0.214 e. The summed E-state index contributed by atoms with van der Waals surface area (Å²) >= 11 is 0. The molecule has 1 aromatic carbocycles. The average Bonchev–Trinajstić information content (AvgIpc) is 2.45. The van der Waals surface area contributed by atoms with Gasteiger partial charge in [-0.25, -0.2) is 4.98 Å². The zero-order valence-electron chi connectivity index (χ0n) is 10.6. The number of hydrogen-bond donors (Lipinski definition) is 1. The van der Waals surface area contributed by atoms with Crippen molar-refractivity contribution in [1.82, 2.24) is 4.98 Å². The summed E-state index contributed by atoms with van der Waals surface area (Å²) in [7, 11) is 0. The summed E-state index contributed by atoms with van der Waals surface area (Å²) in [5.41, 5.74) is 8.88. The van der Waals surface area contributed by atoms with Crippen molar-refractivity contribution in [3.05, 3.63) is 59.3 Å². The largest absolute Gasteiger partial charge is 0.473 e. The van der Waals surface area contributed by atoms with Gasteiger partial charge in [0.1, 0.15) is 6.61 Å². The van der Waals surface area contributed by atoms with Crippen LogP contribution in [-0.4, -0.2) is 4.98 Å². The molecule has 0 spiro atoms. The summed E-state index contributed by atoms with van der Waals surface area (Å²) in [5, 5.41) is 0.